The Bertz CT molecular complexity index is 90.7. The van der Waals surface area contributed by atoms with E-state index in [9.17, 15) is 0 Å². The Morgan fingerprint density at radius 1 is 1.38 bits per heavy atom. The minimum atomic E-state index is 0.630. The van der Waals surface area contributed by atoms with Crippen LogP contribution in [0.3, 0.4) is 0 Å². The Balaban J connectivity index is 2.01. The summed E-state index contributed by atoms with van der Waals surface area (Å²) in [6.07, 6.45) is 2.84. The maximum absolute atomic E-state index is 3.50. The van der Waals surface area contributed by atoms with Gasteiger partial charge in [-0.05, 0) is 25.1 Å². The molecule has 46 valence electrons. The molecule has 0 amide bonds. The molecular weight excluding hydrogens is 118 g/mol. The van der Waals surface area contributed by atoms with Gasteiger partial charge in [-0.2, -0.15) is 11.8 Å². The van der Waals surface area contributed by atoms with Crippen molar-refractivity contribution in [2.75, 3.05) is 18.1 Å². The van der Waals surface area contributed by atoms with E-state index in [0.29, 0.717) is 5.54 Å². The van der Waals surface area contributed by atoms with Gasteiger partial charge in [0.25, 0.3) is 0 Å². The van der Waals surface area contributed by atoms with Gasteiger partial charge in [-0.1, -0.05) is 0 Å². The summed E-state index contributed by atoms with van der Waals surface area (Å²) >= 11 is 2.09. The molecule has 0 aromatic rings. The van der Waals surface area contributed by atoms with E-state index in [4.69, 9.17) is 0 Å². The molecule has 2 fully saturated rings. The van der Waals surface area contributed by atoms with Gasteiger partial charge in [-0.3, -0.25) is 0 Å². The molecule has 2 heteroatoms. The van der Waals surface area contributed by atoms with Crippen molar-refractivity contribution in [1.29, 1.82) is 0 Å². The SMILES string of the molecule is C1CC2(CCSC2)N1. The minimum Gasteiger partial charge on any atom is -0.310 e. The van der Waals surface area contributed by atoms with Gasteiger partial charge in [0.2, 0.25) is 0 Å². The van der Waals surface area contributed by atoms with E-state index in [1.54, 1.807) is 0 Å². The van der Waals surface area contributed by atoms with Crippen molar-refractivity contribution < 1.29 is 0 Å². The lowest BCUT2D eigenvalue weighted by Gasteiger charge is -2.39. The second kappa shape index (κ2) is 1.64. The molecule has 8 heavy (non-hydrogen) atoms. The van der Waals surface area contributed by atoms with Crippen LogP contribution in [0, 0.1) is 0 Å². The van der Waals surface area contributed by atoms with Crippen molar-refractivity contribution in [2.24, 2.45) is 0 Å². The van der Waals surface area contributed by atoms with Crippen LogP contribution in [0.2, 0.25) is 0 Å². The topological polar surface area (TPSA) is 12.0 Å². The van der Waals surface area contributed by atoms with Gasteiger partial charge in [-0.25, -0.2) is 0 Å². The molecule has 0 radical (unpaired) electrons. The lowest BCUT2D eigenvalue weighted by atomic mass is 9.88. The first-order valence-corrected chi connectivity index (χ1v) is 4.40. The average molecular weight is 129 g/mol. The van der Waals surface area contributed by atoms with Crippen LogP contribution in [0.15, 0.2) is 0 Å². The van der Waals surface area contributed by atoms with Crippen LogP contribution in [0.25, 0.3) is 0 Å². The maximum Gasteiger partial charge on any atom is 0.0291 e. The molecule has 2 rings (SSSR count). The summed E-state index contributed by atoms with van der Waals surface area (Å²) in [5.74, 6) is 2.75. The summed E-state index contributed by atoms with van der Waals surface area (Å²) in [6.45, 7) is 1.26. The fourth-order valence-electron chi connectivity index (χ4n) is 1.42. The Kier molecular flexibility index (Phi) is 1.05. The third-order valence-electron chi connectivity index (χ3n) is 2.21. The lowest BCUT2D eigenvalue weighted by Crippen LogP contribution is -2.56. The van der Waals surface area contributed by atoms with E-state index in [0.717, 1.165) is 0 Å². The van der Waals surface area contributed by atoms with Crippen LogP contribution in [0.5, 0.6) is 0 Å². The van der Waals surface area contributed by atoms with Gasteiger partial charge in [-0.15, -0.1) is 0 Å². The zero-order valence-electron chi connectivity index (χ0n) is 4.94. The summed E-state index contributed by atoms with van der Waals surface area (Å²) < 4.78 is 0. The van der Waals surface area contributed by atoms with Crippen LogP contribution in [0.4, 0.5) is 0 Å². The fraction of sp³-hybridized carbons (Fsp3) is 1.00. The van der Waals surface area contributed by atoms with Gasteiger partial charge in [0.1, 0.15) is 0 Å². The summed E-state index contributed by atoms with van der Waals surface area (Å²) in [5, 5.41) is 3.50. The smallest absolute Gasteiger partial charge is 0.0291 e. The second-order valence-corrected chi connectivity index (χ2v) is 3.86. The number of thioether (sulfide) groups is 1. The molecule has 1 unspecified atom stereocenters. The Morgan fingerprint density at radius 3 is 2.50 bits per heavy atom. The van der Waals surface area contributed by atoms with Gasteiger partial charge in [0, 0.05) is 11.3 Å². The second-order valence-electron chi connectivity index (χ2n) is 2.76. The summed E-state index contributed by atoms with van der Waals surface area (Å²) in [6, 6.07) is 0. The van der Waals surface area contributed by atoms with E-state index in [1.165, 1.54) is 30.9 Å². The highest BCUT2D eigenvalue weighted by molar-refractivity contribution is 7.99. The van der Waals surface area contributed by atoms with Gasteiger partial charge >= 0.3 is 0 Å². The number of nitrogens with one attached hydrogen (secondary N) is 1. The zero-order valence-corrected chi connectivity index (χ0v) is 5.76. The van der Waals surface area contributed by atoms with Crippen LogP contribution >= 0.6 is 11.8 Å². The first-order chi connectivity index (χ1) is 3.91. The summed E-state index contributed by atoms with van der Waals surface area (Å²) in [5.41, 5.74) is 0.630. The van der Waals surface area contributed by atoms with Crippen molar-refractivity contribution in [3.8, 4) is 0 Å². The predicted octanol–water partition coefficient (Wildman–Crippen LogP) is 0.855. The molecule has 0 aliphatic carbocycles. The minimum absolute atomic E-state index is 0.630. The standard InChI is InChI=1S/C6H11NS/c1-3-7-6(1)2-4-8-5-6/h7H,1-5H2. The Labute approximate surface area is 54.2 Å². The van der Waals surface area contributed by atoms with E-state index in [2.05, 4.69) is 17.1 Å². The first-order valence-electron chi connectivity index (χ1n) is 3.24. The molecule has 1 spiro atoms. The highest BCUT2D eigenvalue weighted by atomic mass is 32.2. The van der Waals surface area contributed by atoms with Crippen LogP contribution < -0.4 is 5.32 Å². The molecule has 0 aromatic heterocycles. The Morgan fingerprint density at radius 2 is 2.25 bits per heavy atom. The normalized spacial score (nSPS) is 45.0. The van der Waals surface area contributed by atoms with Crippen molar-refractivity contribution in [1.82, 2.24) is 5.32 Å². The molecule has 0 bridgehead atoms. The van der Waals surface area contributed by atoms with E-state index in [1.807, 2.05) is 0 Å². The van der Waals surface area contributed by atoms with Crippen molar-refractivity contribution in [3.63, 3.8) is 0 Å². The average Bonchev–Trinajstić information content (AvgIpc) is 2.07. The fourth-order valence-corrected chi connectivity index (χ4v) is 2.88. The molecule has 1 nitrogen and oxygen atoms in total. The van der Waals surface area contributed by atoms with E-state index < -0.39 is 0 Å². The molecule has 2 aliphatic heterocycles. The van der Waals surface area contributed by atoms with Crippen molar-refractivity contribution in [2.45, 2.75) is 18.4 Å². The Hall–Kier alpha value is 0.310. The summed E-state index contributed by atoms with van der Waals surface area (Å²) in [4.78, 5) is 0. The molecule has 2 saturated heterocycles. The van der Waals surface area contributed by atoms with Crippen molar-refractivity contribution in [3.05, 3.63) is 0 Å². The molecule has 1 N–H and O–H groups in total. The lowest BCUT2D eigenvalue weighted by molar-refractivity contribution is 0.242. The predicted molar refractivity (Wildman–Crippen MR) is 37.3 cm³/mol. The van der Waals surface area contributed by atoms with Crippen LogP contribution in [-0.4, -0.2) is 23.6 Å². The molecule has 2 heterocycles. The van der Waals surface area contributed by atoms with E-state index in [-0.39, 0.29) is 0 Å². The third-order valence-corrected chi connectivity index (χ3v) is 3.46. The molecule has 2 aliphatic rings. The number of rotatable bonds is 0. The molecule has 1 atom stereocenters. The van der Waals surface area contributed by atoms with Crippen LogP contribution in [-0.2, 0) is 0 Å². The van der Waals surface area contributed by atoms with E-state index >= 15 is 0 Å². The highest BCUT2D eigenvalue weighted by Gasteiger charge is 2.38. The third kappa shape index (κ3) is 0.594. The quantitative estimate of drug-likeness (QED) is 0.520. The largest absolute Gasteiger partial charge is 0.310 e. The number of hydrogen-bond acceptors (Lipinski definition) is 2. The molecular formula is C6H11NS. The van der Waals surface area contributed by atoms with Gasteiger partial charge in [0.05, 0.1) is 0 Å². The monoisotopic (exact) mass is 129 g/mol. The summed E-state index contributed by atoms with van der Waals surface area (Å²) in [7, 11) is 0. The van der Waals surface area contributed by atoms with Crippen LogP contribution in [0.1, 0.15) is 12.8 Å². The maximum atomic E-state index is 3.50. The number of hydrogen-bond donors (Lipinski definition) is 1. The molecule has 0 saturated carbocycles. The molecule has 0 aromatic carbocycles. The first kappa shape index (κ1) is 5.12. The van der Waals surface area contributed by atoms with Crippen molar-refractivity contribution >= 4 is 11.8 Å². The van der Waals surface area contributed by atoms with Gasteiger partial charge < -0.3 is 5.32 Å². The zero-order chi connectivity index (χ0) is 5.45. The van der Waals surface area contributed by atoms with Gasteiger partial charge in [0.15, 0.2) is 0 Å². The highest BCUT2D eigenvalue weighted by Crippen LogP contribution is 2.34.